The number of nitrogens with zero attached hydrogens (tertiary/aromatic N) is 1. The first kappa shape index (κ1) is 23.5. The lowest BCUT2D eigenvalue weighted by molar-refractivity contribution is 0.165. The zero-order valence-electron chi connectivity index (χ0n) is 14.0. The van der Waals surface area contributed by atoms with Crippen LogP contribution >= 0.6 is 40.7 Å². The van der Waals surface area contributed by atoms with E-state index in [1.54, 1.807) is 0 Å². The fourth-order valence-corrected chi connectivity index (χ4v) is 3.34. The number of hydrogen-bond donors (Lipinski definition) is 2. The molecule has 1 aliphatic rings. The molecule has 24 heavy (non-hydrogen) atoms. The summed E-state index contributed by atoms with van der Waals surface area (Å²) in [7, 11) is 0. The zero-order valence-corrected chi connectivity index (χ0v) is 17.2. The first-order chi connectivity index (χ1) is 10.7. The summed E-state index contributed by atoms with van der Waals surface area (Å²) in [5.41, 5.74) is 1.18. The van der Waals surface area contributed by atoms with Crippen LogP contribution < -0.4 is 10.1 Å². The summed E-state index contributed by atoms with van der Waals surface area (Å²) in [5, 5.41) is 13.5. The van der Waals surface area contributed by atoms with Crippen molar-refractivity contribution < 1.29 is 9.84 Å². The molecule has 1 heterocycles. The molecule has 0 unspecified atom stereocenters. The predicted molar refractivity (Wildman–Crippen MR) is 108 cm³/mol. The quantitative estimate of drug-likeness (QED) is 0.618. The Balaban J connectivity index is 0.00000264. The van der Waals surface area contributed by atoms with E-state index in [-0.39, 0.29) is 30.6 Å². The van der Waals surface area contributed by atoms with E-state index in [0.29, 0.717) is 22.9 Å². The molecule has 7 heteroatoms. The molecule has 1 aliphatic heterocycles. The van der Waals surface area contributed by atoms with Gasteiger partial charge in [0.2, 0.25) is 0 Å². The van der Waals surface area contributed by atoms with E-state index in [9.17, 15) is 5.11 Å². The predicted octanol–water partition coefficient (Wildman–Crippen LogP) is 4.31. The number of aromatic hydroxyl groups is 1. The van der Waals surface area contributed by atoms with Crippen molar-refractivity contribution in [2.75, 3.05) is 32.8 Å². The van der Waals surface area contributed by atoms with Crippen LogP contribution in [0.1, 0.15) is 31.4 Å². The minimum atomic E-state index is 0. The van der Waals surface area contributed by atoms with E-state index in [1.165, 1.54) is 5.56 Å². The second-order valence-corrected chi connectivity index (χ2v) is 6.30. The summed E-state index contributed by atoms with van der Waals surface area (Å²) in [6.45, 7) is 10.4. The maximum absolute atomic E-state index is 10.1. The van der Waals surface area contributed by atoms with Gasteiger partial charge >= 0.3 is 0 Å². The molecule has 0 radical (unpaired) electrons. The Morgan fingerprint density at radius 3 is 2.62 bits per heavy atom. The van der Waals surface area contributed by atoms with E-state index in [4.69, 9.17) is 4.74 Å². The van der Waals surface area contributed by atoms with E-state index < -0.39 is 0 Å². The third kappa shape index (κ3) is 6.12. The lowest BCUT2D eigenvalue weighted by Gasteiger charge is -2.35. The molecule has 0 saturated carbocycles. The van der Waals surface area contributed by atoms with Gasteiger partial charge in [0.15, 0.2) is 11.5 Å². The molecule has 1 aromatic carbocycles. The minimum Gasteiger partial charge on any atom is -0.503 e. The van der Waals surface area contributed by atoms with Crippen LogP contribution in [0.5, 0.6) is 11.5 Å². The Morgan fingerprint density at radius 2 is 2.04 bits per heavy atom. The van der Waals surface area contributed by atoms with Crippen molar-refractivity contribution in [3.8, 4) is 11.5 Å². The van der Waals surface area contributed by atoms with Crippen molar-refractivity contribution in [3.05, 3.63) is 34.8 Å². The van der Waals surface area contributed by atoms with Gasteiger partial charge in [-0.25, -0.2) is 0 Å². The Labute approximate surface area is 165 Å². The molecule has 138 valence electrons. The fraction of sp³-hybridized carbons (Fsp3) is 0.529. The van der Waals surface area contributed by atoms with Crippen LogP contribution in [0.25, 0.3) is 0 Å². The van der Waals surface area contributed by atoms with Crippen molar-refractivity contribution in [3.63, 3.8) is 0 Å². The lowest BCUT2D eigenvalue weighted by Crippen LogP contribution is -2.45. The third-order valence-corrected chi connectivity index (χ3v) is 4.58. The molecule has 0 spiro atoms. The molecule has 1 aromatic rings. The summed E-state index contributed by atoms with van der Waals surface area (Å²) in [4.78, 5) is 2.49. The molecule has 1 atom stereocenters. The number of allylic oxidation sites excluding steroid dienone is 1. The normalized spacial score (nSPS) is 15.8. The first-order valence-electron chi connectivity index (χ1n) is 7.88. The lowest BCUT2D eigenvalue weighted by atomic mass is 9.99. The average molecular weight is 442 g/mol. The molecular weight excluding hydrogens is 415 g/mol. The molecular formula is C17H27BrCl2N2O2. The second kappa shape index (κ2) is 12.0. The van der Waals surface area contributed by atoms with Gasteiger partial charge in [-0.3, -0.25) is 4.90 Å². The van der Waals surface area contributed by atoms with E-state index >= 15 is 0 Å². The Bertz CT molecular complexity index is 512. The SMILES string of the molecule is C=CCC[C@@H](c1cc(Br)c(O)c(OCC)c1)N1CCNCC1.Cl.Cl. The highest BCUT2D eigenvalue weighted by atomic mass is 79.9. The summed E-state index contributed by atoms with van der Waals surface area (Å²) in [6.07, 6.45) is 3.96. The first-order valence-corrected chi connectivity index (χ1v) is 8.67. The smallest absolute Gasteiger partial charge is 0.172 e. The molecule has 0 aromatic heterocycles. The van der Waals surface area contributed by atoms with Gasteiger partial charge in [0, 0.05) is 32.2 Å². The molecule has 0 bridgehead atoms. The van der Waals surface area contributed by atoms with Crippen LogP contribution in [0.4, 0.5) is 0 Å². The maximum Gasteiger partial charge on any atom is 0.172 e. The Kier molecular flexibility index (Phi) is 11.8. The van der Waals surface area contributed by atoms with Crippen LogP contribution in [0.2, 0.25) is 0 Å². The molecule has 2 N–H and O–H groups in total. The van der Waals surface area contributed by atoms with E-state index in [2.05, 4.69) is 32.7 Å². The monoisotopic (exact) mass is 440 g/mol. The number of phenolic OH excluding ortho intramolecular Hbond substituents is 1. The van der Waals surface area contributed by atoms with Crippen molar-refractivity contribution in [1.29, 1.82) is 0 Å². The largest absolute Gasteiger partial charge is 0.503 e. The van der Waals surface area contributed by atoms with Crippen LogP contribution in [-0.4, -0.2) is 42.8 Å². The van der Waals surface area contributed by atoms with Gasteiger partial charge in [-0.1, -0.05) is 6.08 Å². The zero-order chi connectivity index (χ0) is 15.9. The molecule has 0 amide bonds. The highest BCUT2D eigenvalue weighted by Gasteiger charge is 2.23. The Hall–Kier alpha value is -0.460. The van der Waals surface area contributed by atoms with Gasteiger partial charge in [-0.15, -0.1) is 31.4 Å². The molecule has 0 aliphatic carbocycles. The van der Waals surface area contributed by atoms with Gasteiger partial charge in [0.1, 0.15) is 0 Å². The molecule has 4 nitrogen and oxygen atoms in total. The van der Waals surface area contributed by atoms with Gasteiger partial charge in [-0.2, -0.15) is 0 Å². The number of hydrogen-bond acceptors (Lipinski definition) is 4. The van der Waals surface area contributed by atoms with Crippen molar-refractivity contribution in [2.45, 2.75) is 25.8 Å². The van der Waals surface area contributed by atoms with Crippen LogP contribution in [0, 0.1) is 0 Å². The summed E-state index contributed by atoms with van der Waals surface area (Å²) >= 11 is 3.45. The van der Waals surface area contributed by atoms with E-state index in [0.717, 1.165) is 39.0 Å². The topological polar surface area (TPSA) is 44.7 Å². The number of halogens is 3. The minimum absolute atomic E-state index is 0. The number of nitrogens with one attached hydrogen (secondary N) is 1. The van der Waals surface area contributed by atoms with Gasteiger partial charge in [-0.05, 0) is 53.4 Å². The van der Waals surface area contributed by atoms with Crippen molar-refractivity contribution in [1.82, 2.24) is 10.2 Å². The van der Waals surface area contributed by atoms with Gasteiger partial charge in [0.05, 0.1) is 11.1 Å². The number of benzene rings is 1. The average Bonchev–Trinajstić information content (AvgIpc) is 2.53. The van der Waals surface area contributed by atoms with Gasteiger partial charge in [0.25, 0.3) is 0 Å². The number of phenols is 1. The van der Waals surface area contributed by atoms with Crippen LogP contribution in [-0.2, 0) is 0 Å². The Morgan fingerprint density at radius 1 is 1.38 bits per heavy atom. The van der Waals surface area contributed by atoms with E-state index in [1.807, 2.05) is 25.1 Å². The van der Waals surface area contributed by atoms with Crippen molar-refractivity contribution in [2.24, 2.45) is 0 Å². The van der Waals surface area contributed by atoms with Gasteiger partial charge < -0.3 is 15.2 Å². The molecule has 2 rings (SSSR count). The standard InChI is InChI=1S/C17H25BrN2O2.2ClH/c1-3-5-6-15(20-9-7-19-8-10-20)13-11-14(18)17(21)16(12-13)22-4-2;;/h3,11-12,15,19,21H,1,4-10H2,2H3;2*1H/t15-;;/m0../s1. The number of ether oxygens (including phenoxy) is 1. The summed E-state index contributed by atoms with van der Waals surface area (Å²) in [6, 6.07) is 4.30. The highest BCUT2D eigenvalue weighted by Crippen LogP contribution is 2.39. The van der Waals surface area contributed by atoms with Crippen molar-refractivity contribution >= 4 is 40.7 Å². The molecule has 1 fully saturated rings. The second-order valence-electron chi connectivity index (χ2n) is 5.45. The number of rotatable bonds is 7. The van der Waals surface area contributed by atoms with Crippen LogP contribution in [0.3, 0.4) is 0 Å². The summed E-state index contributed by atoms with van der Waals surface area (Å²) < 4.78 is 6.26. The maximum atomic E-state index is 10.1. The third-order valence-electron chi connectivity index (χ3n) is 3.97. The molecule has 1 saturated heterocycles. The number of piperazine rings is 1. The van der Waals surface area contributed by atoms with Crippen LogP contribution in [0.15, 0.2) is 29.3 Å². The fourth-order valence-electron chi connectivity index (χ4n) is 2.88. The highest BCUT2D eigenvalue weighted by molar-refractivity contribution is 9.10. The summed E-state index contributed by atoms with van der Waals surface area (Å²) in [5.74, 6) is 0.721.